The van der Waals surface area contributed by atoms with Gasteiger partial charge in [0.25, 0.3) is 0 Å². The van der Waals surface area contributed by atoms with Crippen LogP contribution in [0.3, 0.4) is 0 Å². The number of unbranched alkanes of at least 4 members (excludes halogenated alkanes) is 2. The molecule has 1 aliphatic rings. The molecule has 0 aromatic rings. The van der Waals surface area contributed by atoms with E-state index >= 15 is 0 Å². The molecule has 0 radical (unpaired) electrons. The van der Waals surface area contributed by atoms with Gasteiger partial charge < -0.3 is 15.1 Å². The Balaban J connectivity index is 2.27. The van der Waals surface area contributed by atoms with Crippen LogP contribution in [0.4, 0.5) is 0 Å². The first-order valence-corrected chi connectivity index (χ1v) is 11.0. The van der Waals surface area contributed by atoms with E-state index in [1.807, 2.05) is 4.90 Å². The van der Waals surface area contributed by atoms with Crippen LogP contribution in [0, 0.1) is 0 Å². The highest BCUT2D eigenvalue weighted by Gasteiger charge is 2.27. The SMILES string of the molecule is CCCCCC(O)CC[C@H]1CCCC(=O)N1CCCSCCC(=O)O. The highest BCUT2D eigenvalue weighted by atomic mass is 32.2. The maximum Gasteiger partial charge on any atom is 0.304 e. The summed E-state index contributed by atoms with van der Waals surface area (Å²) in [4.78, 5) is 24.8. The second-order valence-corrected chi connectivity index (χ2v) is 8.19. The fourth-order valence-corrected chi connectivity index (χ4v) is 4.21. The number of thioether (sulfide) groups is 1. The van der Waals surface area contributed by atoms with Gasteiger partial charge in [0.2, 0.25) is 5.91 Å². The molecule has 5 nitrogen and oxygen atoms in total. The van der Waals surface area contributed by atoms with Crippen molar-refractivity contribution in [3.63, 3.8) is 0 Å². The van der Waals surface area contributed by atoms with Gasteiger partial charge in [0, 0.05) is 24.8 Å². The number of hydrogen-bond acceptors (Lipinski definition) is 4. The Morgan fingerprint density at radius 3 is 2.80 bits per heavy atom. The van der Waals surface area contributed by atoms with Gasteiger partial charge in [-0.2, -0.15) is 11.8 Å². The molecule has 0 spiro atoms. The zero-order valence-electron chi connectivity index (χ0n) is 15.6. The van der Waals surface area contributed by atoms with Gasteiger partial charge in [-0.05, 0) is 44.3 Å². The first-order chi connectivity index (χ1) is 12.0. The third-order valence-electron chi connectivity index (χ3n) is 4.81. The summed E-state index contributed by atoms with van der Waals surface area (Å²) in [7, 11) is 0. The molecule has 1 heterocycles. The minimum Gasteiger partial charge on any atom is -0.481 e. The first-order valence-electron chi connectivity index (χ1n) is 9.81. The molecule has 146 valence electrons. The van der Waals surface area contributed by atoms with Crippen molar-refractivity contribution in [2.75, 3.05) is 18.1 Å². The Kier molecular flexibility index (Phi) is 12.0. The number of carboxylic acids is 1. The lowest BCUT2D eigenvalue weighted by atomic mass is 9.95. The maximum absolute atomic E-state index is 12.2. The zero-order valence-corrected chi connectivity index (χ0v) is 16.4. The van der Waals surface area contributed by atoms with Gasteiger partial charge in [0.1, 0.15) is 0 Å². The highest BCUT2D eigenvalue weighted by Crippen LogP contribution is 2.24. The van der Waals surface area contributed by atoms with E-state index in [2.05, 4.69) is 6.92 Å². The molecular weight excluding hydrogens is 338 g/mol. The summed E-state index contributed by atoms with van der Waals surface area (Å²) in [5.41, 5.74) is 0. The Bertz CT molecular complexity index is 392. The summed E-state index contributed by atoms with van der Waals surface area (Å²) in [6.07, 6.45) is 9.48. The van der Waals surface area contributed by atoms with E-state index < -0.39 is 5.97 Å². The van der Waals surface area contributed by atoms with Gasteiger partial charge in [-0.1, -0.05) is 26.2 Å². The van der Waals surface area contributed by atoms with Crippen LogP contribution < -0.4 is 0 Å². The largest absolute Gasteiger partial charge is 0.481 e. The van der Waals surface area contributed by atoms with E-state index in [0.29, 0.717) is 12.2 Å². The lowest BCUT2D eigenvalue weighted by molar-refractivity contribution is -0.137. The van der Waals surface area contributed by atoms with E-state index in [0.717, 1.165) is 57.2 Å². The Morgan fingerprint density at radius 2 is 2.08 bits per heavy atom. The van der Waals surface area contributed by atoms with Crippen LogP contribution in [0.2, 0.25) is 0 Å². The van der Waals surface area contributed by atoms with Crippen LogP contribution in [0.1, 0.15) is 77.6 Å². The number of aliphatic hydroxyl groups is 1. The summed E-state index contributed by atoms with van der Waals surface area (Å²) in [6, 6.07) is 0.270. The minimum atomic E-state index is -0.753. The average Bonchev–Trinajstić information content (AvgIpc) is 2.57. The van der Waals surface area contributed by atoms with Crippen molar-refractivity contribution in [1.29, 1.82) is 0 Å². The number of aliphatic hydroxyl groups excluding tert-OH is 1. The maximum atomic E-state index is 12.2. The van der Waals surface area contributed by atoms with E-state index in [1.54, 1.807) is 11.8 Å². The molecular formula is C19H35NO4S. The quantitative estimate of drug-likeness (QED) is 0.454. The number of aliphatic carboxylic acids is 1. The van der Waals surface area contributed by atoms with Gasteiger partial charge >= 0.3 is 5.97 Å². The van der Waals surface area contributed by atoms with Crippen molar-refractivity contribution in [2.45, 2.75) is 89.7 Å². The van der Waals surface area contributed by atoms with Gasteiger partial charge in [-0.15, -0.1) is 0 Å². The number of likely N-dealkylation sites (tertiary alicyclic amines) is 1. The number of amides is 1. The van der Waals surface area contributed by atoms with E-state index in [-0.39, 0.29) is 24.5 Å². The molecule has 0 bridgehead atoms. The van der Waals surface area contributed by atoms with Crippen LogP contribution in [0.5, 0.6) is 0 Å². The number of rotatable bonds is 14. The number of piperidine rings is 1. The van der Waals surface area contributed by atoms with Gasteiger partial charge in [-0.25, -0.2) is 0 Å². The average molecular weight is 374 g/mol. The molecule has 2 N–H and O–H groups in total. The second kappa shape index (κ2) is 13.5. The van der Waals surface area contributed by atoms with Crippen LogP contribution >= 0.6 is 11.8 Å². The van der Waals surface area contributed by atoms with E-state index in [1.165, 1.54) is 12.8 Å². The summed E-state index contributed by atoms with van der Waals surface area (Å²) in [6.45, 7) is 2.92. The van der Waals surface area contributed by atoms with Crippen LogP contribution in [-0.2, 0) is 9.59 Å². The lowest BCUT2D eigenvalue weighted by Gasteiger charge is -2.36. The van der Waals surface area contributed by atoms with Crippen molar-refractivity contribution < 1.29 is 19.8 Å². The highest BCUT2D eigenvalue weighted by molar-refractivity contribution is 7.99. The fraction of sp³-hybridized carbons (Fsp3) is 0.895. The summed E-state index contributed by atoms with van der Waals surface area (Å²) in [5, 5.41) is 18.8. The molecule has 1 aliphatic heterocycles. The fourth-order valence-electron chi connectivity index (χ4n) is 3.36. The predicted molar refractivity (Wildman–Crippen MR) is 103 cm³/mol. The molecule has 1 saturated heterocycles. The number of hydrogen-bond donors (Lipinski definition) is 2. The number of carbonyl (C=O) groups excluding carboxylic acids is 1. The normalized spacial score (nSPS) is 19.2. The molecule has 1 fully saturated rings. The Morgan fingerprint density at radius 1 is 1.28 bits per heavy atom. The third kappa shape index (κ3) is 10.1. The summed E-state index contributed by atoms with van der Waals surface area (Å²) in [5.74, 6) is 1.02. The van der Waals surface area contributed by atoms with Crippen LogP contribution in [0.25, 0.3) is 0 Å². The Labute approximate surface area is 156 Å². The minimum absolute atomic E-state index is 0.200. The molecule has 6 heteroatoms. The number of nitrogens with zero attached hydrogens (tertiary/aromatic N) is 1. The number of carbonyl (C=O) groups is 2. The van der Waals surface area contributed by atoms with Crippen LogP contribution in [0.15, 0.2) is 0 Å². The second-order valence-electron chi connectivity index (χ2n) is 6.97. The van der Waals surface area contributed by atoms with Crippen LogP contribution in [-0.4, -0.2) is 57.2 Å². The molecule has 1 amide bonds. The van der Waals surface area contributed by atoms with Gasteiger partial charge in [0.15, 0.2) is 0 Å². The zero-order chi connectivity index (χ0) is 18.5. The first kappa shape index (κ1) is 22.3. The molecule has 0 aromatic heterocycles. The molecule has 2 atom stereocenters. The summed E-state index contributed by atoms with van der Waals surface area (Å²) < 4.78 is 0. The monoisotopic (exact) mass is 373 g/mol. The molecule has 0 aromatic carbocycles. The van der Waals surface area contributed by atoms with Gasteiger partial charge in [0.05, 0.1) is 12.5 Å². The van der Waals surface area contributed by atoms with E-state index in [9.17, 15) is 14.7 Å². The van der Waals surface area contributed by atoms with Crippen molar-refractivity contribution >= 4 is 23.6 Å². The molecule has 25 heavy (non-hydrogen) atoms. The molecule has 1 rings (SSSR count). The van der Waals surface area contributed by atoms with Crippen molar-refractivity contribution in [1.82, 2.24) is 4.90 Å². The number of carboxylic acid groups (broad SMARTS) is 1. The molecule has 0 saturated carbocycles. The van der Waals surface area contributed by atoms with Crippen molar-refractivity contribution in [2.24, 2.45) is 0 Å². The third-order valence-corrected chi connectivity index (χ3v) is 5.88. The predicted octanol–water partition coefficient (Wildman–Crippen LogP) is 3.69. The smallest absolute Gasteiger partial charge is 0.304 e. The van der Waals surface area contributed by atoms with Gasteiger partial charge in [-0.3, -0.25) is 9.59 Å². The lowest BCUT2D eigenvalue weighted by Crippen LogP contribution is -2.44. The molecule has 1 unspecified atom stereocenters. The summed E-state index contributed by atoms with van der Waals surface area (Å²) >= 11 is 1.64. The van der Waals surface area contributed by atoms with Crippen molar-refractivity contribution in [3.8, 4) is 0 Å². The standard InChI is InChI=1S/C19H35NO4S/c1-2-3-4-8-17(21)11-10-16-7-5-9-18(22)20(16)13-6-14-25-15-12-19(23)24/h16-17,21H,2-15H2,1H3,(H,23,24)/t16-,17?/m1/s1. The molecule has 0 aliphatic carbocycles. The topological polar surface area (TPSA) is 77.8 Å². The van der Waals surface area contributed by atoms with Crippen molar-refractivity contribution in [3.05, 3.63) is 0 Å². The Hall–Kier alpha value is -0.750. The van der Waals surface area contributed by atoms with E-state index in [4.69, 9.17) is 5.11 Å².